The summed E-state index contributed by atoms with van der Waals surface area (Å²) in [6.45, 7) is 1.29. The van der Waals surface area contributed by atoms with Crippen molar-refractivity contribution in [1.82, 2.24) is 9.66 Å². The zero-order valence-electron chi connectivity index (χ0n) is 12.0. The number of amides is 1. The van der Waals surface area contributed by atoms with Crippen LogP contribution in [0.15, 0.2) is 42.7 Å². The van der Waals surface area contributed by atoms with Crippen LogP contribution < -0.4 is 5.43 Å². The number of halogens is 1. The highest BCUT2D eigenvalue weighted by Crippen LogP contribution is 2.23. The fraction of sp³-hybridized carbons (Fsp3) is 0.0667. The first kappa shape index (κ1) is 14.6. The zero-order valence-corrected chi connectivity index (χ0v) is 12.0. The molecule has 0 aliphatic heterocycles. The number of nitrogens with zero attached hydrogens (tertiary/aromatic N) is 3. The normalized spacial score (nSPS) is 10.7. The maximum Gasteiger partial charge on any atom is 0.276 e. The summed E-state index contributed by atoms with van der Waals surface area (Å²) in [6.07, 6.45) is 1.40. The average Bonchev–Trinajstić information content (AvgIpc) is 2.92. The third kappa shape index (κ3) is 2.61. The van der Waals surface area contributed by atoms with Gasteiger partial charge in [-0.3, -0.25) is 20.3 Å². The Morgan fingerprint density at radius 3 is 2.83 bits per heavy atom. The van der Waals surface area contributed by atoms with Gasteiger partial charge in [-0.1, -0.05) is 12.1 Å². The molecule has 1 amide bonds. The van der Waals surface area contributed by atoms with Crippen molar-refractivity contribution in [2.24, 2.45) is 0 Å². The third-order valence-corrected chi connectivity index (χ3v) is 3.45. The lowest BCUT2D eigenvalue weighted by atomic mass is 10.1. The molecule has 0 atom stereocenters. The largest absolute Gasteiger partial charge is 0.276 e. The van der Waals surface area contributed by atoms with Crippen LogP contribution in [-0.2, 0) is 0 Å². The fourth-order valence-electron chi connectivity index (χ4n) is 2.21. The molecule has 8 heteroatoms. The van der Waals surface area contributed by atoms with Crippen molar-refractivity contribution in [3.05, 3.63) is 69.8 Å². The number of carbonyl (C=O) groups is 1. The summed E-state index contributed by atoms with van der Waals surface area (Å²) in [7, 11) is 0. The minimum absolute atomic E-state index is 0.111. The van der Waals surface area contributed by atoms with Gasteiger partial charge in [0.1, 0.15) is 12.1 Å². The van der Waals surface area contributed by atoms with Crippen molar-refractivity contribution in [1.29, 1.82) is 0 Å². The molecule has 0 aliphatic carbocycles. The van der Waals surface area contributed by atoms with Crippen LogP contribution in [0.3, 0.4) is 0 Å². The lowest BCUT2D eigenvalue weighted by molar-refractivity contribution is -0.385. The summed E-state index contributed by atoms with van der Waals surface area (Å²) < 4.78 is 15.2. The number of fused-ring (bicyclic) bond motifs is 1. The molecule has 3 rings (SSSR count). The van der Waals surface area contributed by atoms with Crippen molar-refractivity contribution in [3.8, 4) is 0 Å². The second-order valence-electron chi connectivity index (χ2n) is 4.90. The van der Waals surface area contributed by atoms with E-state index in [-0.39, 0.29) is 11.1 Å². The number of hydrogen-bond donors (Lipinski definition) is 1. The Bertz CT molecular complexity index is 936. The first-order valence-electron chi connectivity index (χ1n) is 6.65. The predicted molar refractivity (Wildman–Crippen MR) is 81.2 cm³/mol. The number of hydrogen-bond acceptors (Lipinski definition) is 4. The van der Waals surface area contributed by atoms with E-state index in [9.17, 15) is 19.3 Å². The molecular weight excluding hydrogens is 303 g/mol. The summed E-state index contributed by atoms with van der Waals surface area (Å²) in [5.41, 5.74) is 3.16. The predicted octanol–water partition coefficient (Wildman–Crippen LogP) is 2.78. The molecule has 0 aliphatic rings. The number of imidazole rings is 1. The van der Waals surface area contributed by atoms with E-state index in [2.05, 4.69) is 10.4 Å². The first-order valence-corrected chi connectivity index (χ1v) is 6.65. The van der Waals surface area contributed by atoms with Gasteiger partial charge in [-0.05, 0) is 25.1 Å². The summed E-state index contributed by atoms with van der Waals surface area (Å²) >= 11 is 0. The molecule has 2 aromatic carbocycles. The number of rotatable bonds is 3. The van der Waals surface area contributed by atoms with Crippen molar-refractivity contribution in [3.63, 3.8) is 0 Å². The second-order valence-corrected chi connectivity index (χ2v) is 4.90. The van der Waals surface area contributed by atoms with E-state index in [1.165, 1.54) is 17.9 Å². The first-order chi connectivity index (χ1) is 11.0. The molecule has 0 bridgehead atoms. The summed E-state index contributed by atoms with van der Waals surface area (Å²) in [5, 5.41) is 10.9. The van der Waals surface area contributed by atoms with Crippen LogP contribution in [0.1, 0.15) is 15.9 Å². The van der Waals surface area contributed by atoms with E-state index in [4.69, 9.17) is 0 Å². The van der Waals surface area contributed by atoms with E-state index in [1.807, 2.05) is 0 Å². The van der Waals surface area contributed by atoms with Crippen LogP contribution >= 0.6 is 0 Å². The Labute approximate surface area is 129 Å². The Morgan fingerprint density at radius 1 is 1.35 bits per heavy atom. The Balaban J connectivity index is 1.96. The monoisotopic (exact) mass is 314 g/mol. The molecule has 3 aromatic rings. The molecule has 23 heavy (non-hydrogen) atoms. The van der Waals surface area contributed by atoms with Crippen molar-refractivity contribution >= 4 is 22.6 Å². The van der Waals surface area contributed by atoms with Crippen LogP contribution in [-0.4, -0.2) is 20.5 Å². The van der Waals surface area contributed by atoms with Crippen LogP contribution in [0.5, 0.6) is 0 Å². The number of carbonyl (C=O) groups excluding carboxylic acids is 1. The molecule has 116 valence electrons. The Morgan fingerprint density at radius 2 is 2.09 bits per heavy atom. The maximum absolute atomic E-state index is 13.8. The molecule has 0 radical (unpaired) electrons. The third-order valence-electron chi connectivity index (χ3n) is 3.45. The second kappa shape index (κ2) is 5.48. The highest BCUT2D eigenvalue weighted by molar-refractivity contribution is 6.01. The quantitative estimate of drug-likeness (QED) is 0.594. The Hall–Kier alpha value is -3.29. The van der Waals surface area contributed by atoms with Gasteiger partial charge in [-0.2, -0.15) is 0 Å². The van der Waals surface area contributed by atoms with Gasteiger partial charge >= 0.3 is 0 Å². The van der Waals surface area contributed by atoms with Crippen LogP contribution in [0.25, 0.3) is 11.0 Å². The summed E-state index contributed by atoms with van der Waals surface area (Å²) in [5.74, 6) is -1.48. The fourth-order valence-corrected chi connectivity index (χ4v) is 2.21. The van der Waals surface area contributed by atoms with Crippen molar-refractivity contribution < 1.29 is 14.1 Å². The van der Waals surface area contributed by atoms with Crippen molar-refractivity contribution in [2.75, 3.05) is 5.43 Å². The van der Waals surface area contributed by atoms with Gasteiger partial charge < -0.3 is 0 Å². The van der Waals surface area contributed by atoms with Gasteiger partial charge in [0.2, 0.25) is 0 Å². The van der Waals surface area contributed by atoms with Gasteiger partial charge in [-0.15, -0.1) is 0 Å². The van der Waals surface area contributed by atoms with E-state index in [0.717, 1.165) is 12.1 Å². The lowest BCUT2D eigenvalue weighted by Crippen LogP contribution is -2.22. The number of nitro benzene ring substituents is 1. The summed E-state index contributed by atoms with van der Waals surface area (Å²) in [4.78, 5) is 26.6. The van der Waals surface area contributed by atoms with E-state index < -0.39 is 22.3 Å². The summed E-state index contributed by atoms with van der Waals surface area (Å²) in [6, 6.07) is 9.13. The van der Waals surface area contributed by atoms with Crippen LogP contribution in [0.2, 0.25) is 0 Å². The molecule has 7 nitrogen and oxygen atoms in total. The smallest absolute Gasteiger partial charge is 0.267 e. The lowest BCUT2D eigenvalue weighted by Gasteiger charge is -2.08. The minimum Gasteiger partial charge on any atom is -0.267 e. The van der Waals surface area contributed by atoms with Crippen molar-refractivity contribution in [2.45, 2.75) is 6.92 Å². The van der Waals surface area contributed by atoms with E-state index in [1.54, 1.807) is 24.3 Å². The average molecular weight is 314 g/mol. The maximum atomic E-state index is 13.8. The standard InChI is InChI=1S/C15H11FN4O3/c1-9-11(16)6-10(7-14(9)20(22)23)15(21)18-19-8-17-12-4-2-3-5-13(12)19/h2-8H,1H3,(H,18,21). The number of benzene rings is 2. The van der Waals surface area contributed by atoms with Gasteiger partial charge in [0.15, 0.2) is 0 Å². The number of nitro groups is 1. The number of para-hydroxylation sites is 2. The van der Waals surface area contributed by atoms with Gasteiger partial charge in [0.05, 0.1) is 27.1 Å². The molecule has 0 fully saturated rings. The van der Waals surface area contributed by atoms with Gasteiger partial charge in [0, 0.05) is 6.07 Å². The molecular formula is C15H11FN4O3. The van der Waals surface area contributed by atoms with Crippen LogP contribution in [0, 0.1) is 22.9 Å². The van der Waals surface area contributed by atoms with Gasteiger partial charge in [0.25, 0.3) is 11.6 Å². The SMILES string of the molecule is Cc1c(F)cc(C(=O)Nn2cnc3ccccc32)cc1[N+](=O)[O-]. The minimum atomic E-state index is -0.806. The molecule has 0 spiro atoms. The number of nitrogens with one attached hydrogen (secondary N) is 1. The molecule has 1 aromatic heterocycles. The van der Waals surface area contributed by atoms with E-state index >= 15 is 0 Å². The topological polar surface area (TPSA) is 90.1 Å². The molecule has 0 saturated heterocycles. The number of aromatic nitrogens is 2. The van der Waals surface area contributed by atoms with E-state index in [0.29, 0.717) is 11.0 Å². The van der Waals surface area contributed by atoms with Gasteiger partial charge in [-0.25, -0.2) is 14.1 Å². The molecule has 0 saturated carbocycles. The zero-order chi connectivity index (χ0) is 16.6. The highest BCUT2D eigenvalue weighted by atomic mass is 19.1. The highest BCUT2D eigenvalue weighted by Gasteiger charge is 2.19. The van der Waals surface area contributed by atoms with Crippen LogP contribution in [0.4, 0.5) is 10.1 Å². The molecule has 1 N–H and O–H groups in total. The molecule has 1 heterocycles. The molecule has 0 unspecified atom stereocenters. The Kier molecular flexibility index (Phi) is 3.49.